The lowest BCUT2D eigenvalue weighted by atomic mass is 9.44. The first-order valence-electron chi connectivity index (χ1n) is 12.3. The first-order valence-corrected chi connectivity index (χ1v) is 12.3. The van der Waals surface area contributed by atoms with Crippen LogP contribution in [0.3, 0.4) is 0 Å². The highest BCUT2D eigenvalue weighted by atomic mass is 16.3. The summed E-state index contributed by atoms with van der Waals surface area (Å²) >= 11 is 0. The van der Waals surface area contributed by atoms with Crippen LogP contribution in [0.4, 0.5) is 0 Å². The van der Waals surface area contributed by atoms with Crippen molar-refractivity contribution in [2.45, 2.75) is 96.2 Å². The summed E-state index contributed by atoms with van der Waals surface area (Å²) in [6.07, 6.45) is 12.4. The number of aryl methyl sites for hydroxylation is 1. The van der Waals surface area contributed by atoms with Crippen molar-refractivity contribution < 1.29 is 10.2 Å². The summed E-state index contributed by atoms with van der Waals surface area (Å²) in [6, 6.07) is 10.7. The SMILES string of the molecule is C[C@]12CC[C@@H](O)C[C@H]1CC[C@@H]1[C@@H]2CC[C@@]2(C)[C@H]1CC[C@@]2(O)CCc1ccccc1. The van der Waals surface area contributed by atoms with Crippen molar-refractivity contribution in [3.05, 3.63) is 35.9 Å². The molecule has 0 aliphatic heterocycles. The van der Waals surface area contributed by atoms with Gasteiger partial charge in [0.1, 0.15) is 0 Å². The Morgan fingerprint density at radius 2 is 1.66 bits per heavy atom. The molecule has 0 heterocycles. The molecule has 4 aliphatic rings. The minimum Gasteiger partial charge on any atom is -0.393 e. The van der Waals surface area contributed by atoms with Crippen molar-refractivity contribution in [3.8, 4) is 0 Å². The van der Waals surface area contributed by atoms with Crippen LogP contribution in [-0.4, -0.2) is 21.9 Å². The zero-order chi connectivity index (χ0) is 20.3. The van der Waals surface area contributed by atoms with Crippen molar-refractivity contribution in [2.24, 2.45) is 34.5 Å². The van der Waals surface area contributed by atoms with E-state index in [0.29, 0.717) is 11.3 Å². The summed E-state index contributed by atoms with van der Waals surface area (Å²) < 4.78 is 0. The lowest BCUT2D eigenvalue weighted by Gasteiger charge is -2.61. The quantitative estimate of drug-likeness (QED) is 0.682. The number of fused-ring (bicyclic) bond motifs is 5. The van der Waals surface area contributed by atoms with Gasteiger partial charge >= 0.3 is 0 Å². The van der Waals surface area contributed by atoms with E-state index in [0.717, 1.165) is 49.9 Å². The molecule has 29 heavy (non-hydrogen) atoms. The molecule has 2 N–H and O–H groups in total. The molecule has 4 saturated carbocycles. The van der Waals surface area contributed by atoms with Crippen molar-refractivity contribution in [2.75, 3.05) is 0 Å². The van der Waals surface area contributed by atoms with E-state index >= 15 is 0 Å². The van der Waals surface area contributed by atoms with Crippen molar-refractivity contribution in [1.82, 2.24) is 0 Å². The number of hydrogen-bond donors (Lipinski definition) is 2. The lowest BCUT2D eigenvalue weighted by Crippen LogP contribution is -2.56. The predicted molar refractivity (Wildman–Crippen MR) is 117 cm³/mol. The number of aliphatic hydroxyl groups excluding tert-OH is 1. The highest BCUT2D eigenvalue weighted by Gasteiger charge is 2.64. The van der Waals surface area contributed by atoms with E-state index < -0.39 is 5.60 Å². The highest BCUT2D eigenvalue weighted by molar-refractivity contribution is 5.18. The Kier molecular flexibility index (Phi) is 4.91. The number of hydrogen-bond acceptors (Lipinski definition) is 2. The van der Waals surface area contributed by atoms with Crippen LogP contribution in [0, 0.1) is 34.5 Å². The molecule has 0 amide bonds. The molecule has 0 unspecified atom stereocenters. The Labute approximate surface area is 177 Å². The van der Waals surface area contributed by atoms with Gasteiger partial charge in [-0.05, 0) is 111 Å². The van der Waals surface area contributed by atoms with Crippen LogP contribution in [0.2, 0.25) is 0 Å². The Balaban J connectivity index is 1.35. The van der Waals surface area contributed by atoms with Gasteiger partial charge < -0.3 is 10.2 Å². The van der Waals surface area contributed by atoms with Crippen LogP contribution in [0.5, 0.6) is 0 Å². The summed E-state index contributed by atoms with van der Waals surface area (Å²) in [4.78, 5) is 0. The topological polar surface area (TPSA) is 40.5 Å². The van der Waals surface area contributed by atoms with Gasteiger partial charge in [-0.25, -0.2) is 0 Å². The molecule has 5 rings (SSSR count). The third-order valence-electron chi connectivity index (χ3n) is 10.6. The molecule has 2 nitrogen and oxygen atoms in total. The number of aliphatic hydroxyl groups is 2. The molecule has 1 aromatic rings. The van der Waals surface area contributed by atoms with Gasteiger partial charge in [-0.1, -0.05) is 44.2 Å². The Hall–Kier alpha value is -0.860. The van der Waals surface area contributed by atoms with Gasteiger partial charge in [-0.3, -0.25) is 0 Å². The second-order valence-electron chi connectivity index (χ2n) is 11.6. The first kappa shape index (κ1) is 20.1. The van der Waals surface area contributed by atoms with Gasteiger partial charge in [-0.2, -0.15) is 0 Å². The van der Waals surface area contributed by atoms with E-state index in [-0.39, 0.29) is 11.5 Å². The summed E-state index contributed by atoms with van der Waals surface area (Å²) in [5, 5.41) is 22.1. The van der Waals surface area contributed by atoms with Gasteiger partial charge in [0.25, 0.3) is 0 Å². The minimum absolute atomic E-state index is 0.0620. The molecular formula is C27H40O2. The van der Waals surface area contributed by atoms with Crippen LogP contribution in [0.15, 0.2) is 30.3 Å². The highest BCUT2D eigenvalue weighted by Crippen LogP contribution is 2.68. The summed E-state index contributed by atoms with van der Waals surface area (Å²) in [6.45, 7) is 4.99. The first-order chi connectivity index (χ1) is 13.9. The van der Waals surface area contributed by atoms with Gasteiger partial charge in [0.15, 0.2) is 0 Å². The average Bonchev–Trinajstić information content (AvgIpc) is 2.99. The summed E-state index contributed by atoms with van der Waals surface area (Å²) in [7, 11) is 0. The molecule has 0 aromatic heterocycles. The van der Waals surface area contributed by atoms with Crippen LogP contribution in [-0.2, 0) is 6.42 Å². The van der Waals surface area contributed by atoms with Crippen LogP contribution >= 0.6 is 0 Å². The van der Waals surface area contributed by atoms with Gasteiger partial charge in [0.05, 0.1) is 11.7 Å². The fourth-order valence-electron chi connectivity index (χ4n) is 8.75. The maximum absolute atomic E-state index is 11.9. The van der Waals surface area contributed by atoms with Gasteiger partial charge in [0, 0.05) is 0 Å². The van der Waals surface area contributed by atoms with Crippen molar-refractivity contribution >= 4 is 0 Å². The van der Waals surface area contributed by atoms with E-state index in [1.165, 1.54) is 44.1 Å². The second-order valence-corrected chi connectivity index (χ2v) is 11.6. The largest absolute Gasteiger partial charge is 0.393 e. The Bertz CT molecular complexity index is 731. The van der Waals surface area contributed by atoms with Crippen LogP contribution < -0.4 is 0 Å². The van der Waals surface area contributed by atoms with E-state index in [1.54, 1.807) is 0 Å². The molecule has 8 atom stereocenters. The van der Waals surface area contributed by atoms with Gasteiger partial charge in [-0.15, -0.1) is 0 Å². The molecule has 0 spiro atoms. The Morgan fingerprint density at radius 1 is 0.897 bits per heavy atom. The average molecular weight is 397 g/mol. The summed E-state index contributed by atoms with van der Waals surface area (Å²) in [5.74, 6) is 3.00. The fraction of sp³-hybridized carbons (Fsp3) is 0.778. The normalized spacial score (nSPS) is 49.2. The number of rotatable bonds is 3. The van der Waals surface area contributed by atoms with E-state index in [9.17, 15) is 10.2 Å². The molecule has 160 valence electrons. The van der Waals surface area contributed by atoms with E-state index in [1.807, 2.05) is 0 Å². The molecule has 0 radical (unpaired) electrons. The molecule has 1 aromatic carbocycles. The second kappa shape index (κ2) is 7.09. The Morgan fingerprint density at radius 3 is 2.45 bits per heavy atom. The lowest BCUT2D eigenvalue weighted by molar-refractivity contribution is -0.160. The zero-order valence-electron chi connectivity index (χ0n) is 18.4. The molecular weight excluding hydrogens is 356 g/mol. The van der Waals surface area contributed by atoms with Crippen molar-refractivity contribution in [3.63, 3.8) is 0 Å². The fourth-order valence-corrected chi connectivity index (χ4v) is 8.75. The maximum Gasteiger partial charge on any atom is 0.0707 e. The number of benzene rings is 1. The van der Waals surface area contributed by atoms with Crippen molar-refractivity contribution in [1.29, 1.82) is 0 Å². The van der Waals surface area contributed by atoms with Gasteiger partial charge in [0.2, 0.25) is 0 Å². The van der Waals surface area contributed by atoms with Crippen LogP contribution in [0.1, 0.15) is 83.6 Å². The molecule has 2 heteroatoms. The molecule has 4 aliphatic carbocycles. The molecule has 4 fully saturated rings. The zero-order valence-corrected chi connectivity index (χ0v) is 18.4. The third-order valence-corrected chi connectivity index (χ3v) is 10.6. The predicted octanol–water partition coefficient (Wildman–Crippen LogP) is 5.75. The smallest absolute Gasteiger partial charge is 0.0707 e. The minimum atomic E-state index is -0.501. The van der Waals surface area contributed by atoms with E-state index in [4.69, 9.17) is 0 Å². The molecule has 0 saturated heterocycles. The summed E-state index contributed by atoms with van der Waals surface area (Å²) in [5.41, 5.74) is 1.36. The monoisotopic (exact) mass is 396 g/mol. The standard InChI is InChI=1S/C27H40O2/c1-25-14-11-21(28)18-20(25)8-9-22-23(25)12-15-26(2)24(22)13-17-27(26,29)16-10-19-6-4-3-5-7-19/h3-7,20-24,28-29H,8-18H2,1-2H3/t20-,21-,22-,23+,24+,25+,26+,27+/m1/s1. The molecule has 0 bridgehead atoms. The van der Waals surface area contributed by atoms with Crippen LogP contribution in [0.25, 0.3) is 0 Å². The third kappa shape index (κ3) is 3.04. The maximum atomic E-state index is 11.9. The van der Waals surface area contributed by atoms with E-state index in [2.05, 4.69) is 44.2 Å².